The van der Waals surface area contributed by atoms with Gasteiger partial charge >= 0.3 is 5.97 Å². The molecule has 1 N–H and O–H groups in total. The lowest BCUT2D eigenvalue weighted by atomic mass is 10.0. The first kappa shape index (κ1) is 20.7. The van der Waals surface area contributed by atoms with E-state index < -0.39 is 12.1 Å². The van der Waals surface area contributed by atoms with Gasteiger partial charge in [-0.1, -0.05) is 43.7 Å². The summed E-state index contributed by atoms with van der Waals surface area (Å²) in [5.41, 5.74) is 1.35. The second kappa shape index (κ2) is 9.96. The van der Waals surface area contributed by atoms with E-state index in [-0.39, 0.29) is 11.9 Å². The predicted octanol–water partition coefficient (Wildman–Crippen LogP) is 4.05. The van der Waals surface area contributed by atoms with E-state index in [1.165, 1.54) is 0 Å². The van der Waals surface area contributed by atoms with Gasteiger partial charge in [0.25, 0.3) is 5.91 Å². The van der Waals surface area contributed by atoms with Crippen LogP contribution in [-0.2, 0) is 9.53 Å². The molecule has 3 rings (SSSR count). The molecule has 0 bridgehead atoms. The number of esters is 1. The maximum atomic E-state index is 12.6. The first-order valence-electron chi connectivity index (χ1n) is 10.0. The molecule has 154 valence electrons. The van der Waals surface area contributed by atoms with Gasteiger partial charge in [0.1, 0.15) is 0 Å². The third-order valence-electron chi connectivity index (χ3n) is 4.73. The summed E-state index contributed by atoms with van der Waals surface area (Å²) in [5.74, 6) is 0.223. The molecule has 6 heteroatoms. The molecule has 0 aliphatic carbocycles. The lowest BCUT2D eigenvalue weighted by molar-refractivity contribution is -0.129. The van der Waals surface area contributed by atoms with Gasteiger partial charge in [0.05, 0.1) is 24.8 Å². The van der Waals surface area contributed by atoms with Crippen LogP contribution in [0.3, 0.4) is 0 Å². The molecule has 1 amide bonds. The van der Waals surface area contributed by atoms with Crippen molar-refractivity contribution in [3.05, 3.63) is 59.7 Å². The number of fused-ring (bicyclic) bond motifs is 1. The molecule has 29 heavy (non-hydrogen) atoms. The van der Waals surface area contributed by atoms with Crippen molar-refractivity contribution in [2.45, 2.75) is 45.3 Å². The molecule has 0 radical (unpaired) electrons. The fourth-order valence-electron chi connectivity index (χ4n) is 3.16. The molecule has 0 spiro atoms. The molecule has 0 aromatic heterocycles. The van der Waals surface area contributed by atoms with Crippen molar-refractivity contribution in [2.75, 3.05) is 13.2 Å². The fraction of sp³-hybridized carbons (Fsp3) is 0.391. The summed E-state index contributed by atoms with van der Waals surface area (Å²) in [4.78, 5) is 25.1. The maximum absolute atomic E-state index is 12.6. The Morgan fingerprint density at radius 3 is 2.52 bits per heavy atom. The number of ether oxygens (including phenoxy) is 3. The summed E-state index contributed by atoms with van der Waals surface area (Å²) in [6.07, 6.45) is 1.59. The number of rotatable bonds is 7. The summed E-state index contributed by atoms with van der Waals surface area (Å²) in [5, 5.41) is 2.99. The van der Waals surface area contributed by atoms with Crippen LogP contribution in [0.5, 0.6) is 11.5 Å². The number of nitrogens with one attached hydrogen (secondary N) is 1. The quantitative estimate of drug-likeness (QED) is 0.714. The highest BCUT2D eigenvalue weighted by molar-refractivity contribution is 5.93. The zero-order chi connectivity index (χ0) is 20.6. The lowest BCUT2D eigenvalue weighted by Gasteiger charge is -2.21. The third kappa shape index (κ3) is 5.50. The van der Waals surface area contributed by atoms with Gasteiger partial charge in [-0.25, -0.2) is 4.79 Å². The monoisotopic (exact) mass is 397 g/mol. The van der Waals surface area contributed by atoms with E-state index in [0.717, 1.165) is 24.8 Å². The summed E-state index contributed by atoms with van der Waals surface area (Å²) >= 11 is 0. The maximum Gasteiger partial charge on any atom is 0.339 e. The lowest BCUT2D eigenvalue weighted by Crippen LogP contribution is -2.38. The Kier molecular flexibility index (Phi) is 7.11. The molecular formula is C23H27NO5. The van der Waals surface area contributed by atoms with Crippen LogP contribution in [0.2, 0.25) is 0 Å². The molecule has 6 nitrogen and oxygen atoms in total. The van der Waals surface area contributed by atoms with E-state index in [9.17, 15) is 9.59 Å². The van der Waals surface area contributed by atoms with Crippen molar-refractivity contribution in [3.63, 3.8) is 0 Å². The zero-order valence-electron chi connectivity index (χ0n) is 16.9. The van der Waals surface area contributed by atoms with Crippen LogP contribution in [0.25, 0.3) is 0 Å². The number of hydrogen-bond acceptors (Lipinski definition) is 5. The van der Waals surface area contributed by atoms with E-state index in [1.807, 2.05) is 30.3 Å². The smallest absolute Gasteiger partial charge is 0.339 e. The first-order chi connectivity index (χ1) is 14.1. The number of carbonyl (C=O) groups excluding carboxylic acids is 2. The van der Waals surface area contributed by atoms with Crippen LogP contribution in [0.1, 0.15) is 55.1 Å². The zero-order valence-corrected chi connectivity index (χ0v) is 16.9. The standard InChI is InChI=1S/C23H27NO5/c1-3-8-19(17-9-5-4-6-10-17)24-22(25)16(2)29-23(26)18-11-12-20-21(15-18)28-14-7-13-27-20/h4-6,9-12,15-16,19H,3,7-8,13-14H2,1-2H3,(H,24,25)/t16-,19-/m0/s1. The Morgan fingerprint density at radius 2 is 1.79 bits per heavy atom. The van der Waals surface area contributed by atoms with Gasteiger partial charge in [-0.05, 0) is 37.1 Å². The van der Waals surface area contributed by atoms with Crippen LogP contribution in [0.15, 0.2) is 48.5 Å². The van der Waals surface area contributed by atoms with Crippen molar-refractivity contribution in [1.82, 2.24) is 5.32 Å². The summed E-state index contributed by atoms with van der Waals surface area (Å²) in [6, 6.07) is 14.6. The van der Waals surface area contributed by atoms with Crippen molar-refractivity contribution < 1.29 is 23.8 Å². The minimum Gasteiger partial charge on any atom is -0.490 e. The van der Waals surface area contributed by atoms with Gasteiger partial charge in [0.2, 0.25) is 0 Å². The molecule has 0 unspecified atom stereocenters. The van der Waals surface area contributed by atoms with Crippen molar-refractivity contribution in [1.29, 1.82) is 0 Å². The van der Waals surface area contributed by atoms with Gasteiger partial charge in [-0.2, -0.15) is 0 Å². The molecule has 1 aliphatic heterocycles. The number of hydrogen-bond donors (Lipinski definition) is 1. The summed E-state index contributed by atoms with van der Waals surface area (Å²) in [7, 11) is 0. The third-order valence-corrected chi connectivity index (χ3v) is 4.73. The van der Waals surface area contributed by atoms with Gasteiger partial charge < -0.3 is 19.5 Å². The predicted molar refractivity (Wildman–Crippen MR) is 109 cm³/mol. The highest BCUT2D eigenvalue weighted by atomic mass is 16.5. The summed E-state index contributed by atoms with van der Waals surface area (Å²) < 4.78 is 16.6. The van der Waals surface area contributed by atoms with Crippen LogP contribution in [0.4, 0.5) is 0 Å². The molecule has 0 saturated carbocycles. The Hall–Kier alpha value is -3.02. The molecule has 0 fully saturated rings. The average molecular weight is 397 g/mol. The molecule has 2 aromatic carbocycles. The first-order valence-corrected chi connectivity index (χ1v) is 10.0. The Morgan fingerprint density at radius 1 is 1.07 bits per heavy atom. The summed E-state index contributed by atoms with van der Waals surface area (Å²) in [6.45, 7) is 4.75. The fourth-order valence-corrected chi connectivity index (χ4v) is 3.16. The molecule has 1 aliphatic rings. The van der Waals surface area contributed by atoms with Gasteiger partial charge in [-0.15, -0.1) is 0 Å². The van der Waals surface area contributed by atoms with Crippen LogP contribution in [0, 0.1) is 0 Å². The van der Waals surface area contributed by atoms with Crippen LogP contribution < -0.4 is 14.8 Å². The molecule has 1 heterocycles. The minimum absolute atomic E-state index is 0.118. The van der Waals surface area contributed by atoms with E-state index in [4.69, 9.17) is 14.2 Å². The van der Waals surface area contributed by atoms with Crippen molar-refractivity contribution >= 4 is 11.9 Å². The number of benzene rings is 2. The van der Waals surface area contributed by atoms with E-state index >= 15 is 0 Å². The van der Waals surface area contributed by atoms with E-state index in [0.29, 0.717) is 30.3 Å². The van der Waals surface area contributed by atoms with Gasteiger partial charge in [0, 0.05) is 6.42 Å². The number of carbonyl (C=O) groups is 2. The van der Waals surface area contributed by atoms with E-state index in [1.54, 1.807) is 25.1 Å². The molecule has 2 atom stereocenters. The second-order valence-electron chi connectivity index (χ2n) is 7.02. The van der Waals surface area contributed by atoms with Gasteiger partial charge in [-0.3, -0.25) is 4.79 Å². The largest absolute Gasteiger partial charge is 0.490 e. The average Bonchev–Trinajstić information content (AvgIpc) is 2.98. The van der Waals surface area contributed by atoms with Crippen LogP contribution >= 0.6 is 0 Å². The van der Waals surface area contributed by atoms with Crippen molar-refractivity contribution in [2.24, 2.45) is 0 Å². The normalized spacial score (nSPS) is 15.0. The molecular weight excluding hydrogens is 370 g/mol. The number of amides is 1. The second-order valence-corrected chi connectivity index (χ2v) is 7.02. The highest BCUT2D eigenvalue weighted by Gasteiger charge is 2.23. The topological polar surface area (TPSA) is 73.9 Å². The molecule has 0 saturated heterocycles. The van der Waals surface area contributed by atoms with E-state index in [2.05, 4.69) is 12.2 Å². The van der Waals surface area contributed by atoms with Crippen LogP contribution in [-0.4, -0.2) is 31.2 Å². The Labute approximate surface area is 171 Å². The van der Waals surface area contributed by atoms with Crippen molar-refractivity contribution in [3.8, 4) is 11.5 Å². The molecule has 2 aromatic rings. The highest BCUT2D eigenvalue weighted by Crippen LogP contribution is 2.30. The Bertz CT molecular complexity index is 836. The SMILES string of the molecule is CCC[C@H](NC(=O)[C@H](C)OC(=O)c1ccc2c(c1)OCCCO2)c1ccccc1. The minimum atomic E-state index is -0.915. The van der Waals surface area contributed by atoms with Gasteiger partial charge in [0.15, 0.2) is 17.6 Å². The Balaban J connectivity index is 1.62.